The van der Waals surface area contributed by atoms with Gasteiger partial charge < -0.3 is 5.32 Å². The number of nitrogens with zero attached hydrogens (tertiary/aromatic N) is 1. The number of anilines is 2. The van der Waals surface area contributed by atoms with Gasteiger partial charge in [0.05, 0.1) is 17.5 Å². The van der Waals surface area contributed by atoms with Crippen molar-refractivity contribution in [2.75, 3.05) is 10.2 Å². The normalized spacial score (nSPS) is 22.9. The van der Waals surface area contributed by atoms with Crippen molar-refractivity contribution in [1.29, 1.82) is 0 Å². The molecule has 37 heavy (non-hydrogen) atoms. The van der Waals surface area contributed by atoms with Gasteiger partial charge in [0, 0.05) is 24.4 Å². The van der Waals surface area contributed by atoms with Gasteiger partial charge in [-0.1, -0.05) is 72.8 Å². The van der Waals surface area contributed by atoms with E-state index in [1.165, 1.54) is 34.1 Å². The van der Waals surface area contributed by atoms with Gasteiger partial charge in [-0.25, -0.2) is 4.90 Å². The summed E-state index contributed by atoms with van der Waals surface area (Å²) < 4.78 is 0. The molecular formula is C32H24N2O3. The van der Waals surface area contributed by atoms with Crippen molar-refractivity contribution in [2.45, 2.75) is 18.8 Å². The fourth-order valence-corrected chi connectivity index (χ4v) is 6.68. The second kappa shape index (κ2) is 8.00. The smallest absolute Gasteiger partial charge is 0.238 e. The Morgan fingerprint density at radius 1 is 0.622 bits per heavy atom. The Balaban J connectivity index is 1.24. The molecule has 2 atom stereocenters. The van der Waals surface area contributed by atoms with Gasteiger partial charge in [0.1, 0.15) is 0 Å². The summed E-state index contributed by atoms with van der Waals surface area (Å²) in [6, 6.07) is 31.7. The lowest BCUT2D eigenvalue weighted by molar-refractivity contribution is -0.122. The monoisotopic (exact) mass is 484 g/mol. The Bertz CT molecular complexity index is 1470. The molecule has 0 radical (unpaired) electrons. The Labute approximate surface area is 214 Å². The summed E-state index contributed by atoms with van der Waals surface area (Å²) in [6.07, 6.45) is 0. The molecule has 2 unspecified atom stereocenters. The number of rotatable bonds is 3. The van der Waals surface area contributed by atoms with E-state index in [-0.39, 0.29) is 41.4 Å². The van der Waals surface area contributed by atoms with E-state index >= 15 is 0 Å². The number of carbonyl (C=O) groups is 3. The SMILES string of the molecule is CC(=O)Nc1ccc(-c2ccc(N3C(=O)C4C5c6ccccc6C(c6ccccc65)C4C3=O)cc2)cc1. The molecular weight excluding hydrogens is 460 g/mol. The first-order chi connectivity index (χ1) is 18.0. The Morgan fingerprint density at radius 2 is 1.03 bits per heavy atom. The maximum atomic E-state index is 13.9. The van der Waals surface area contributed by atoms with Crippen LogP contribution in [0.3, 0.4) is 0 Å². The predicted octanol–water partition coefficient (Wildman–Crippen LogP) is 5.71. The van der Waals surface area contributed by atoms with Crippen LogP contribution in [0.5, 0.6) is 0 Å². The molecule has 0 saturated carbocycles. The van der Waals surface area contributed by atoms with Gasteiger partial charge in [0.15, 0.2) is 0 Å². The van der Waals surface area contributed by atoms with E-state index in [4.69, 9.17) is 0 Å². The van der Waals surface area contributed by atoms with Crippen LogP contribution in [0.4, 0.5) is 11.4 Å². The molecule has 5 nitrogen and oxygen atoms in total. The minimum absolute atomic E-state index is 0.106. The van der Waals surface area contributed by atoms with E-state index in [1.54, 1.807) is 0 Å². The van der Waals surface area contributed by atoms with Crippen LogP contribution >= 0.6 is 0 Å². The average molecular weight is 485 g/mol. The van der Waals surface area contributed by atoms with E-state index in [1.807, 2.05) is 72.8 Å². The first-order valence-electron chi connectivity index (χ1n) is 12.6. The highest BCUT2D eigenvalue weighted by molar-refractivity contribution is 6.23. The molecule has 4 aromatic rings. The third-order valence-electron chi connectivity index (χ3n) is 8.11. The zero-order valence-electron chi connectivity index (χ0n) is 20.2. The molecule has 3 aliphatic carbocycles. The minimum Gasteiger partial charge on any atom is -0.326 e. The summed E-state index contributed by atoms with van der Waals surface area (Å²) in [5, 5.41) is 2.77. The molecule has 1 aliphatic heterocycles. The first-order valence-corrected chi connectivity index (χ1v) is 12.6. The number of amides is 3. The van der Waals surface area contributed by atoms with Crippen LogP contribution in [-0.2, 0) is 14.4 Å². The third kappa shape index (κ3) is 3.13. The van der Waals surface area contributed by atoms with Crippen molar-refractivity contribution in [3.8, 4) is 11.1 Å². The Kier molecular flexibility index (Phi) is 4.70. The standard InChI is InChI=1S/C32H24N2O3/c1-18(35)33-21-14-10-19(11-15-21)20-12-16-22(17-13-20)34-31(36)29-27-23-6-2-3-7-24(23)28(30(29)32(34)37)26-9-5-4-8-25(26)27/h2-17,27-30H,1H3,(H,33,35). The lowest BCUT2D eigenvalue weighted by Crippen LogP contribution is -2.41. The largest absolute Gasteiger partial charge is 0.326 e. The maximum absolute atomic E-state index is 13.9. The number of imide groups is 1. The van der Waals surface area contributed by atoms with Gasteiger partial charge in [0.25, 0.3) is 0 Å². The average Bonchev–Trinajstić information content (AvgIpc) is 3.19. The quantitative estimate of drug-likeness (QED) is 0.379. The second-order valence-corrected chi connectivity index (χ2v) is 10.1. The van der Waals surface area contributed by atoms with Crippen molar-refractivity contribution >= 4 is 29.1 Å². The number of nitrogens with one attached hydrogen (secondary N) is 1. The number of carbonyl (C=O) groups excluding carboxylic acids is 3. The van der Waals surface area contributed by atoms with E-state index < -0.39 is 0 Å². The van der Waals surface area contributed by atoms with Gasteiger partial charge in [-0.3, -0.25) is 14.4 Å². The Morgan fingerprint density at radius 3 is 1.43 bits per heavy atom. The maximum Gasteiger partial charge on any atom is 0.238 e. The van der Waals surface area contributed by atoms with Crippen molar-refractivity contribution in [3.05, 3.63) is 119 Å². The Hall–Kier alpha value is -4.51. The van der Waals surface area contributed by atoms with E-state index in [0.717, 1.165) is 16.8 Å². The fraction of sp³-hybridized carbons (Fsp3) is 0.156. The molecule has 1 N–H and O–H groups in total. The van der Waals surface area contributed by atoms with Crippen molar-refractivity contribution in [2.24, 2.45) is 11.8 Å². The van der Waals surface area contributed by atoms with Crippen LogP contribution in [0, 0.1) is 11.8 Å². The highest BCUT2D eigenvalue weighted by Gasteiger charge is 2.61. The summed E-state index contributed by atoms with van der Waals surface area (Å²) >= 11 is 0. The van der Waals surface area contributed by atoms with E-state index in [9.17, 15) is 14.4 Å². The van der Waals surface area contributed by atoms with Crippen LogP contribution < -0.4 is 10.2 Å². The number of benzene rings is 4. The fourth-order valence-electron chi connectivity index (χ4n) is 6.68. The van der Waals surface area contributed by atoms with Crippen molar-refractivity contribution in [1.82, 2.24) is 0 Å². The molecule has 2 bridgehead atoms. The highest BCUT2D eigenvalue weighted by atomic mass is 16.2. The number of hydrogen-bond acceptors (Lipinski definition) is 3. The summed E-state index contributed by atoms with van der Waals surface area (Å²) in [7, 11) is 0. The summed E-state index contributed by atoms with van der Waals surface area (Å²) in [5.41, 5.74) is 7.99. The lowest BCUT2D eigenvalue weighted by Gasteiger charge is -2.45. The molecule has 4 aromatic carbocycles. The van der Waals surface area contributed by atoms with E-state index in [2.05, 4.69) is 29.6 Å². The first kappa shape index (κ1) is 21.7. The van der Waals surface area contributed by atoms with Gasteiger partial charge >= 0.3 is 0 Å². The zero-order valence-corrected chi connectivity index (χ0v) is 20.2. The van der Waals surface area contributed by atoms with Crippen LogP contribution in [0.1, 0.15) is 41.0 Å². The van der Waals surface area contributed by atoms with Crippen LogP contribution in [0.2, 0.25) is 0 Å². The van der Waals surface area contributed by atoms with Crippen LogP contribution in [0.15, 0.2) is 97.1 Å². The highest BCUT2D eigenvalue weighted by Crippen LogP contribution is 2.61. The summed E-state index contributed by atoms with van der Waals surface area (Å²) in [6.45, 7) is 1.48. The van der Waals surface area contributed by atoms with Crippen LogP contribution in [0.25, 0.3) is 11.1 Å². The van der Waals surface area contributed by atoms with Crippen molar-refractivity contribution < 1.29 is 14.4 Å². The molecule has 4 aliphatic rings. The molecule has 8 rings (SSSR count). The summed E-state index contributed by atoms with van der Waals surface area (Å²) in [4.78, 5) is 40.5. The lowest BCUT2D eigenvalue weighted by atomic mass is 9.55. The second-order valence-electron chi connectivity index (χ2n) is 10.1. The van der Waals surface area contributed by atoms with Gasteiger partial charge in [-0.05, 0) is 57.6 Å². The predicted molar refractivity (Wildman–Crippen MR) is 142 cm³/mol. The topological polar surface area (TPSA) is 66.5 Å². The summed E-state index contributed by atoms with van der Waals surface area (Å²) in [5.74, 6) is -1.32. The molecule has 1 fully saturated rings. The van der Waals surface area contributed by atoms with E-state index in [0.29, 0.717) is 5.69 Å². The van der Waals surface area contributed by atoms with Gasteiger partial charge in [-0.2, -0.15) is 0 Å². The molecule has 1 saturated heterocycles. The molecule has 180 valence electrons. The van der Waals surface area contributed by atoms with Crippen LogP contribution in [-0.4, -0.2) is 17.7 Å². The molecule has 1 heterocycles. The molecule has 3 amide bonds. The zero-order chi connectivity index (χ0) is 25.3. The molecule has 0 spiro atoms. The van der Waals surface area contributed by atoms with Crippen molar-refractivity contribution in [3.63, 3.8) is 0 Å². The van der Waals surface area contributed by atoms with Gasteiger partial charge in [0.2, 0.25) is 17.7 Å². The molecule has 0 aromatic heterocycles. The minimum atomic E-state index is -0.386. The van der Waals surface area contributed by atoms with Gasteiger partial charge in [-0.15, -0.1) is 0 Å². The third-order valence-corrected chi connectivity index (χ3v) is 8.11. The number of hydrogen-bond donors (Lipinski definition) is 1. The molecule has 5 heteroatoms.